The lowest BCUT2D eigenvalue weighted by atomic mass is 10.2. The third-order valence-electron chi connectivity index (χ3n) is 4.01. The fourth-order valence-corrected chi connectivity index (χ4v) is 5.12. The molecule has 0 bridgehead atoms. The number of carbonyl (C=O) groups is 2. The number of nitrogens with zero attached hydrogens (tertiary/aromatic N) is 3. The van der Waals surface area contributed by atoms with Crippen LogP contribution in [0.4, 0.5) is 5.13 Å². The Hall–Kier alpha value is -2.89. The van der Waals surface area contributed by atoms with Gasteiger partial charge in [0.2, 0.25) is 5.91 Å². The van der Waals surface area contributed by atoms with Gasteiger partial charge >= 0.3 is 5.97 Å². The van der Waals surface area contributed by atoms with Gasteiger partial charge in [0, 0.05) is 21.2 Å². The summed E-state index contributed by atoms with van der Waals surface area (Å²) in [5, 5.41) is 9.05. The van der Waals surface area contributed by atoms with Crippen molar-refractivity contribution >= 4 is 61.2 Å². The number of thiazole rings is 1. The monoisotopic (exact) mass is 446 g/mol. The summed E-state index contributed by atoms with van der Waals surface area (Å²) in [6, 6.07) is 3.87. The second kappa shape index (κ2) is 8.23. The molecule has 4 rings (SSSR count). The highest BCUT2D eigenvalue weighted by Crippen LogP contribution is 2.33. The van der Waals surface area contributed by atoms with E-state index in [1.54, 1.807) is 16.7 Å². The predicted octanol–water partition coefficient (Wildman–Crippen LogP) is 3.00. The number of fused-ring (bicyclic) bond motifs is 1. The van der Waals surface area contributed by atoms with E-state index in [0.717, 1.165) is 10.4 Å². The SMILES string of the molecule is COC(=O)Cc1csc(NC(=O)Cn2cnc3scc(-c4cccs4)c3c2=O)n1. The number of ether oxygens (including phenoxy) is 1. The molecule has 1 amide bonds. The molecule has 8 nitrogen and oxygen atoms in total. The minimum absolute atomic E-state index is 0.0343. The summed E-state index contributed by atoms with van der Waals surface area (Å²) in [5.74, 6) is -0.809. The van der Waals surface area contributed by atoms with Gasteiger partial charge in [0.25, 0.3) is 5.56 Å². The molecule has 0 aliphatic rings. The summed E-state index contributed by atoms with van der Waals surface area (Å²) in [6.07, 6.45) is 1.41. The third-order valence-corrected chi connectivity index (χ3v) is 6.61. The largest absolute Gasteiger partial charge is 0.469 e. The standard InChI is InChI=1S/C18H14N4O4S3/c1-26-14(24)5-10-7-29-18(20-10)21-13(23)6-22-9-19-16-15(17(22)25)11(8-28-16)12-3-2-4-27-12/h2-4,7-9H,5-6H2,1H3,(H,20,21,23). The number of methoxy groups -OCH3 is 1. The highest BCUT2D eigenvalue weighted by molar-refractivity contribution is 7.18. The maximum Gasteiger partial charge on any atom is 0.311 e. The van der Waals surface area contributed by atoms with Crippen LogP contribution < -0.4 is 10.9 Å². The van der Waals surface area contributed by atoms with E-state index in [-0.39, 0.29) is 18.5 Å². The van der Waals surface area contributed by atoms with Crippen LogP contribution in [0.15, 0.2) is 39.4 Å². The number of thiophene rings is 2. The Morgan fingerprint density at radius 2 is 2.10 bits per heavy atom. The normalized spacial score (nSPS) is 10.9. The molecule has 0 aromatic carbocycles. The lowest BCUT2D eigenvalue weighted by Crippen LogP contribution is -2.27. The first-order valence-electron chi connectivity index (χ1n) is 8.36. The molecule has 148 valence electrons. The maximum absolute atomic E-state index is 12.9. The summed E-state index contributed by atoms with van der Waals surface area (Å²) in [5.41, 5.74) is 1.08. The van der Waals surface area contributed by atoms with E-state index in [2.05, 4.69) is 20.0 Å². The van der Waals surface area contributed by atoms with Gasteiger partial charge in [0.05, 0.1) is 30.9 Å². The average Bonchev–Trinajstić information content (AvgIpc) is 3.44. The molecule has 11 heteroatoms. The number of rotatable bonds is 6. The molecular weight excluding hydrogens is 432 g/mol. The first kappa shape index (κ1) is 19.4. The van der Waals surface area contributed by atoms with Crippen LogP contribution in [0.1, 0.15) is 5.69 Å². The van der Waals surface area contributed by atoms with Gasteiger partial charge in [-0.3, -0.25) is 19.0 Å². The van der Waals surface area contributed by atoms with Gasteiger partial charge in [0.15, 0.2) is 5.13 Å². The van der Waals surface area contributed by atoms with Crippen molar-refractivity contribution in [1.82, 2.24) is 14.5 Å². The van der Waals surface area contributed by atoms with Crippen molar-refractivity contribution in [3.05, 3.63) is 50.6 Å². The van der Waals surface area contributed by atoms with Gasteiger partial charge in [-0.1, -0.05) is 6.07 Å². The molecule has 0 saturated heterocycles. The summed E-state index contributed by atoms with van der Waals surface area (Å²) in [7, 11) is 1.30. The van der Waals surface area contributed by atoms with E-state index in [0.29, 0.717) is 21.0 Å². The van der Waals surface area contributed by atoms with Crippen LogP contribution >= 0.6 is 34.0 Å². The molecule has 0 saturated carbocycles. The van der Waals surface area contributed by atoms with Gasteiger partial charge in [-0.25, -0.2) is 9.97 Å². The molecule has 0 radical (unpaired) electrons. The van der Waals surface area contributed by atoms with Crippen LogP contribution in [0.2, 0.25) is 0 Å². The van der Waals surface area contributed by atoms with Gasteiger partial charge < -0.3 is 10.1 Å². The number of hydrogen-bond acceptors (Lipinski definition) is 9. The van der Waals surface area contributed by atoms with Crippen LogP contribution in [-0.2, 0) is 27.3 Å². The molecule has 0 spiro atoms. The van der Waals surface area contributed by atoms with Crippen molar-refractivity contribution in [2.45, 2.75) is 13.0 Å². The zero-order valence-corrected chi connectivity index (χ0v) is 17.5. The molecule has 0 aliphatic heterocycles. The number of nitrogens with one attached hydrogen (secondary N) is 1. The Morgan fingerprint density at radius 1 is 1.24 bits per heavy atom. The fourth-order valence-electron chi connectivity index (χ4n) is 2.67. The van der Waals surface area contributed by atoms with E-state index in [1.165, 1.54) is 40.7 Å². The molecule has 1 N–H and O–H groups in total. The zero-order valence-electron chi connectivity index (χ0n) is 15.1. The van der Waals surface area contributed by atoms with Crippen molar-refractivity contribution in [2.24, 2.45) is 0 Å². The van der Waals surface area contributed by atoms with Gasteiger partial charge in [-0.2, -0.15) is 0 Å². The fraction of sp³-hybridized carbons (Fsp3) is 0.167. The lowest BCUT2D eigenvalue weighted by Gasteiger charge is -2.05. The van der Waals surface area contributed by atoms with Crippen molar-refractivity contribution in [3.63, 3.8) is 0 Å². The van der Waals surface area contributed by atoms with Crippen LogP contribution in [0.25, 0.3) is 20.7 Å². The van der Waals surface area contributed by atoms with E-state index < -0.39 is 11.9 Å². The number of amides is 1. The van der Waals surface area contributed by atoms with E-state index in [1.807, 2.05) is 22.9 Å². The second-order valence-corrected chi connectivity index (χ2v) is 8.59. The Bertz CT molecular complexity index is 1240. The minimum Gasteiger partial charge on any atom is -0.469 e. The van der Waals surface area contributed by atoms with Gasteiger partial charge in [0.1, 0.15) is 11.4 Å². The minimum atomic E-state index is -0.406. The van der Waals surface area contributed by atoms with E-state index >= 15 is 0 Å². The third kappa shape index (κ3) is 4.11. The van der Waals surface area contributed by atoms with Crippen LogP contribution in [0.3, 0.4) is 0 Å². The number of aromatic nitrogens is 3. The Morgan fingerprint density at radius 3 is 2.86 bits per heavy atom. The number of esters is 1. The Balaban J connectivity index is 1.53. The first-order valence-corrected chi connectivity index (χ1v) is 11.0. The van der Waals surface area contributed by atoms with Crippen molar-refractivity contribution < 1.29 is 14.3 Å². The quantitative estimate of drug-likeness (QED) is 0.457. The smallest absolute Gasteiger partial charge is 0.311 e. The van der Waals surface area contributed by atoms with Crippen LogP contribution in [0, 0.1) is 0 Å². The second-order valence-electron chi connectivity index (χ2n) is 5.93. The van der Waals surface area contributed by atoms with Crippen molar-refractivity contribution in [1.29, 1.82) is 0 Å². The molecule has 0 aliphatic carbocycles. The number of hydrogen-bond donors (Lipinski definition) is 1. The molecule has 4 heterocycles. The molecule has 29 heavy (non-hydrogen) atoms. The molecule has 0 unspecified atom stereocenters. The zero-order chi connectivity index (χ0) is 20.4. The van der Waals surface area contributed by atoms with Gasteiger partial charge in [-0.15, -0.1) is 34.0 Å². The lowest BCUT2D eigenvalue weighted by molar-refractivity contribution is -0.139. The molecule has 0 fully saturated rings. The maximum atomic E-state index is 12.9. The molecule has 0 atom stereocenters. The molecular formula is C18H14N4O4S3. The van der Waals surface area contributed by atoms with E-state index in [4.69, 9.17) is 0 Å². The first-order chi connectivity index (χ1) is 14.0. The highest BCUT2D eigenvalue weighted by Gasteiger charge is 2.16. The number of carbonyl (C=O) groups excluding carboxylic acids is 2. The van der Waals surface area contributed by atoms with E-state index in [9.17, 15) is 14.4 Å². The topological polar surface area (TPSA) is 103 Å². The Kier molecular flexibility index (Phi) is 5.51. The summed E-state index contributed by atoms with van der Waals surface area (Å²) < 4.78 is 5.88. The highest BCUT2D eigenvalue weighted by atomic mass is 32.1. The van der Waals surface area contributed by atoms with Crippen molar-refractivity contribution in [2.75, 3.05) is 12.4 Å². The van der Waals surface area contributed by atoms with Gasteiger partial charge in [-0.05, 0) is 11.4 Å². The average molecular weight is 447 g/mol. The number of anilines is 1. The predicted molar refractivity (Wildman–Crippen MR) is 114 cm³/mol. The molecule has 4 aromatic rings. The van der Waals surface area contributed by atoms with Crippen molar-refractivity contribution in [3.8, 4) is 10.4 Å². The van der Waals surface area contributed by atoms with Crippen LogP contribution in [-0.4, -0.2) is 33.5 Å². The Labute approximate surface area is 176 Å². The molecule has 4 aromatic heterocycles. The summed E-state index contributed by atoms with van der Waals surface area (Å²) >= 11 is 4.15. The summed E-state index contributed by atoms with van der Waals surface area (Å²) in [4.78, 5) is 46.8. The summed E-state index contributed by atoms with van der Waals surface area (Å²) in [6.45, 7) is -0.187. The van der Waals surface area contributed by atoms with Crippen LogP contribution in [0.5, 0.6) is 0 Å².